The molecule has 1 amide bonds. The first-order chi connectivity index (χ1) is 10.2. The Morgan fingerprint density at radius 2 is 2.38 bits per heavy atom. The Morgan fingerprint density at radius 1 is 1.57 bits per heavy atom. The first kappa shape index (κ1) is 14.3. The molecule has 0 saturated heterocycles. The van der Waals surface area contributed by atoms with Gasteiger partial charge in [-0.3, -0.25) is 4.79 Å². The van der Waals surface area contributed by atoms with E-state index in [0.717, 1.165) is 29.3 Å². The van der Waals surface area contributed by atoms with Gasteiger partial charge in [0.05, 0.1) is 6.04 Å². The third kappa shape index (κ3) is 3.36. The molecule has 0 aliphatic heterocycles. The quantitative estimate of drug-likeness (QED) is 0.763. The van der Waals surface area contributed by atoms with Crippen LogP contribution in [0.3, 0.4) is 0 Å². The monoisotopic (exact) mass is 322 g/mol. The van der Waals surface area contributed by atoms with Crippen molar-refractivity contribution < 1.29 is 4.79 Å². The molecule has 0 spiro atoms. The molecule has 21 heavy (non-hydrogen) atoms. The molecule has 2 aromatic rings. The normalized spacial score (nSPS) is 15.7. The highest BCUT2D eigenvalue weighted by Gasteiger charge is 2.25. The van der Waals surface area contributed by atoms with Gasteiger partial charge in [0.1, 0.15) is 10.7 Å². The van der Waals surface area contributed by atoms with Crippen LogP contribution < -0.4 is 16.4 Å². The summed E-state index contributed by atoms with van der Waals surface area (Å²) in [4.78, 5) is 18.3. The number of hydrogen-bond acceptors (Lipinski definition) is 6. The Balaban J connectivity index is 1.70. The Morgan fingerprint density at radius 3 is 3.00 bits per heavy atom. The van der Waals surface area contributed by atoms with Crippen LogP contribution in [0.15, 0.2) is 17.5 Å². The number of rotatable bonds is 6. The molecule has 1 saturated carbocycles. The highest BCUT2D eigenvalue weighted by molar-refractivity contribution is 7.18. The summed E-state index contributed by atoms with van der Waals surface area (Å²) in [6.45, 7) is 2.06. The fourth-order valence-electron chi connectivity index (χ4n) is 2.05. The van der Waals surface area contributed by atoms with Crippen molar-refractivity contribution in [1.82, 2.24) is 10.3 Å². The van der Waals surface area contributed by atoms with Crippen molar-refractivity contribution in [2.45, 2.75) is 38.3 Å². The van der Waals surface area contributed by atoms with E-state index in [-0.39, 0.29) is 11.9 Å². The number of anilines is 2. The van der Waals surface area contributed by atoms with Crippen LogP contribution in [0, 0.1) is 0 Å². The number of carbonyl (C=O) groups excluding carboxylic acids is 1. The van der Waals surface area contributed by atoms with E-state index < -0.39 is 0 Å². The zero-order chi connectivity index (χ0) is 14.8. The van der Waals surface area contributed by atoms with Gasteiger partial charge in [0, 0.05) is 10.9 Å². The van der Waals surface area contributed by atoms with Crippen molar-refractivity contribution >= 4 is 39.5 Å². The van der Waals surface area contributed by atoms with E-state index in [2.05, 4.69) is 22.5 Å². The first-order valence-electron chi connectivity index (χ1n) is 7.04. The summed E-state index contributed by atoms with van der Waals surface area (Å²) in [6.07, 6.45) is 3.17. The number of thiophene rings is 1. The van der Waals surface area contributed by atoms with Crippen LogP contribution in [0.25, 0.3) is 0 Å². The largest absolute Gasteiger partial charge is 0.382 e. The number of amides is 1. The highest BCUT2D eigenvalue weighted by atomic mass is 32.1. The lowest BCUT2D eigenvalue weighted by Gasteiger charge is -2.14. The molecule has 0 radical (unpaired) electrons. The molecule has 1 unspecified atom stereocenters. The highest BCUT2D eigenvalue weighted by Crippen LogP contribution is 2.31. The lowest BCUT2D eigenvalue weighted by atomic mass is 10.2. The maximum Gasteiger partial charge on any atom is 0.265 e. The number of aromatic nitrogens is 1. The summed E-state index contributed by atoms with van der Waals surface area (Å²) in [5.41, 5.74) is 5.88. The van der Waals surface area contributed by atoms with Gasteiger partial charge in [-0.25, -0.2) is 4.98 Å². The fraction of sp³-hybridized carbons (Fsp3) is 0.429. The average molecular weight is 322 g/mol. The maximum absolute atomic E-state index is 12.4. The zero-order valence-electron chi connectivity index (χ0n) is 11.8. The Hall–Kier alpha value is -1.60. The molecule has 3 rings (SSSR count). The van der Waals surface area contributed by atoms with Crippen LogP contribution in [-0.4, -0.2) is 16.9 Å². The summed E-state index contributed by atoms with van der Waals surface area (Å²) in [6, 6.07) is 4.56. The molecular formula is C14H18N4OS2. The van der Waals surface area contributed by atoms with Crippen LogP contribution in [-0.2, 0) is 0 Å². The molecule has 0 bridgehead atoms. The molecule has 5 nitrogen and oxygen atoms in total. The van der Waals surface area contributed by atoms with E-state index in [9.17, 15) is 4.79 Å². The Labute approximate surface area is 131 Å². The third-order valence-electron chi connectivity index (χ3n) is 3.36. The van der Waals surface area contributed by atoms with Crippen molar-refractivity contribution in [1.29, 1.82) is 0 Å². The summed E-state index contributed by atoms with van der Waals surface area (Å²) >= 11 is 2.98. The van der Waals surface area contributed by atoms with Gasteiger partial charge < -0.3 is 16.4 Å². The van der Waals surface area contributed by atoms with E-state index in [4.69, 9.17) is 5.73 Å². The third-order valence-corrected chi connectivity index (χ3v) is 5.35. The van der Waals surface area contributed by atoms with Gasteiger partial charge in [0.15, 0.2) is 5.13 Å². The number of carbonyl (C=O) groups is 1. The van der Waals surface area contributed by atoms with Gasteiger partial charge in [-0.05, 0) is 30.7 Å². The van der Waals surface area contributed by atoms with Crippen LogP contribution in [0.1, 0.15) is 46.8 Å². The van der Waals surface area contributed by atoms with Crippen molar-refractivity contribution in [2.75, 3.05) is 11.1 Å². The molecule has 1 aliphatic carbocycles. The number of hydrogen-bond donors (Lipinski definition) is 3. The standard InChI is InChI=1S/C14H18N4OS2/c1-2-9(10-4-3-7-20-10)17-13(19)11-12(15)18-14(21-11)16-8-5-6-8/h3-4,7-9H,2,5-6,15H2,1H3,(H,16,18)(H,17,19). The second kappa shape index (κ2) is 6.03. The maximum atomic E-state index is 12.4. The minimum Gasteiger partial charge on any atom is -0.382 e. The molecule has 2 heterocycles. The van der Waals surface area contributed by atoms with Crippen LogP contribution in [0.2, 0.25) is 0 Å². The van der Waals surface area contributed by atoms with Gasteiger partial charge in [-0.1, -0.05) is 24.3 Å². The lowest BCUT2D eigenvalue weighted by Crippen LogP contribution is -2.27. The van der Waals surface area contributed by atoms with Gasteiger partial charge in [-0.15, -0.1) is 11.3 Å². The van der Waals surface area contributed by atoms with Gasteiger partial charge >= 0.3 is 0 Å². The summed E-state index contributed by atoms with van der Waals surface area (Å²) < 4.78 is 0. The summed E-state index contributed by atoms with van der Waals surface area (Å²) in [5.74, 6) is 0.163. The van der Waals surface area contributed by atoms with E-state index >= 15 is 0 Å². The molecule has 4 N–H and O–H groups in total. The fourth-order valence-corrected chi connectivity index (χ4v) is 3.77. The number of thiazole rings is 1. The molecule has 1 fully saturated rings. The molecule has 0 aromatic carbocycles. The number of nitrogens with zero attached hydrogens (tertiary/aromatic N) is 1. The molecule has 2 aromatic heterocycles. The van der Waals surface area contributed by atoms with Crippen molar-refractivity contribution in [3.05, 3.63) is 27.3 Å². The van der Waals surface area contributed by atoms with E-state index in [1.807, 2.05) is 17.5 Å². The molecule has 112 valence electrons. The minimum absolute atomic E-state index is 0.0267. The van der Waals surface area contributed by atoms with Crippen molar-refractivity contribution in [2.24, 2.45) is 0 Å². The molecular weight excluding hydrogens is 304 g/mol. The number of nitrogens with two attached hydrogens (primary N) is 1. The molecule has 1 aliphatic rings. The van der Waals surface area contributed by atoms with E-state index in [0.29, 0.717) is 16.7 Å². The topological polar surface area (TPSA) is 80.0 Å². The Bertz CT molecular complexity index is 619. The minimum atomic E-state index is -0.144. The van der Waals surface area contributed by atoms with Crippen molar-refractivity contribution in [3.63, 3.8) is 0 Å². The SMILES string of the molecule is CCC(NC(=O)c1sc(NC2CC2)nc1N)c1cccs1. The number of nitrogen functional groups attached to an aromatic ring is 1. The first-order valence-corrected chi connectivity index (χ1v) is 8.74. The predicted molar refractivity (Wildman–Crippen MR) is 88.0 cm³/mol. The van der Waals surface area contributed by atoms with Crippen LogP contribution in [0.4, 0.5) is 10.9 Å². The van der Waals surface area contributed by atoms with Crippen LogP contribution >= 0.6 is 22.7 Å². The predicted octanol–water partition coefficient (Wildman–Crippen LogP) is 3.24. The molecule has 1 atom stereocenters. The molecule has 7 heteroatoms. The number of nitrogens with one attached hydrogen (secondary N) is 2. The smallest absolute Gasteiger partial charge is 0.265 e. The van der Waals surface area contributed by atoms with Crippen molar-refractivity contribution in [3.8, 4) is 0 Å². The van der Waals surface area contributed by atoms with Gasteiger partial charge in [0.2, 0.25) is 0 Å². The second-order valence-corrected chi connectivity index (χ2v) is 7.08. The second-order valence-electron chi connectivity index (χ2n) is 5.10. The summed E-state index contributed by atoms with van der Waals surface area (Å²) in [7, 11) is 0. The van der Waals surface area contributed by atoms with E-state index in [1.165, 1.54) is 11.3 Å². The Kier molecular flexibility index (Phi) is 4.12. The van der Waals surface area contributed by atoms with Gasteiger partial charge in [0.25, 0.3) is 5.91 Å². The van der Waals surface area contributed by atoms with Crippen LogP contribution in [0.5, 0.6) is 0 Å². The zero-order valence-corrected chi connectivity index (χ0v) is 13.4. The van der Waals surface area contributed by atoms with Gasteiger partial charge in [-0.2, -0.15) is 0 Å². The average Bonchev–Trinajstić information content (AvgIpc) is 2.98. The van der Waals surface area contributed by atoms with E-state index in [1.54, 1.807) is 11.3 Å². The lowest BCUT2D eigenvalue weighted by molar-refractivity contribution is 0.0941. The summed E-state index contributed by atoms with van der Waals surface area (Å²) in [5, 5.41) is 9.08.